The summed E-state index contributed by atoms with van der Waals surface area (Å²) in [6.07, 6.45) is 0.269. The van der Waals surface area contributed by atoms with E-state index in [4.69, 9.17) is 0 Å². The Hall–Kier alpha value is -4.43. The first-order chi connectivity index (χ1) is 21.3. The van der Waals surface area contributed by atoms with Gasteiger partial charge in [0.25, 0.3) is 10.0 Å². The fourth-order valence-corrected chi connectivity index (χ4v) is 6.59. The number of hydrogen-bond acceptors (Lipinski definition) is 4. The summed E-state index contributed by atoms with van der Waals surface area (Å²) in [5.41, 5.74) is 5.97. The van der Waals surface area contributed by atoms with Crippen molar-refractivity contribution in [3.63, 3.8) is 0 Å². The molecule has 1 atom stereocenters. The van der Waals surface area contributed by atoms with Crippen molar-refractivity contribution in [1.29, 1.82) is 0 Å². The molecular weight excluding hydrogens is 582 g/mol. The average molecular weight is 626 g/mol. The summed E-state index contributed by atoms with van der Waals surface area (Å²) in [6, 6.07) is 28.2. The summed E-state index contributed by atoms with van der Waals surface area (Å²) in [5.74, 6) is -0.778. The first-order valence-electron chi connectivity index (χ1n) is 15.2. The van der Waals surface area contributed by atoms with Gasteiger partial charge in [0.05, 0.1) is 10.6 Å². The topological polar surface area (TPSA) is 86.8 Å². The minimum atomic E-state index is -4.15. The van der Waals surface area contributed by atoms with Gasteiger partial charge in [-0.15, -0.1) is 0 Å². The first-order valence-corrected chi connectivity index (χ1v) is 16.6. The lowest BCUT2D eigenvalue weighted by atomic mass is 10.0. The van der Waals surface area contributed by atoms with Crippen LogP contribution >= 0.6 is 0 Å². The van der Waals surface area contributed by atoms with Crippen LogP contribution in [-0.2, 0) is 32.6 Å². The van der Waals surface area contributed by atoms with Crippen LogP contribution < -0.4 is 9.62 Å². The normalized spacial score (nSPS) is 12.1. The summed E-state index contributed by atoms with van der Waals surface area (Å²) >= 11 is 0. The van der Waals surface area contributed by atoms with Gasteiger partial charge in [0, 0.05) is 19.0 Å². The molecule has 4 aromatic carbocycles. The minimum Gasteiger partial charge on any atom is -0.352 e. The van der Waals surface area contributed by atoms with Gasteiger partial charge in [-0.3, -0.25) is 13.9 Å². The van der Waals surface area contributed by atoms with Gasteiger partial charge >= 0.3 is 0 Å². The maximum atomic E-state index is 14.6. The Bertz CT molecular complexity index is 1740. The number of hydrogen-bond donors (Lipinski definition) is 1. The van der Waals surface area contributed by atoms with Crippen LogP contribution in [0.15, 0.2) is 102 Å². The number of rotatable bonds is 12. The molecule has 1 N–H and O–H groups in total. The summed E-state index contributed by atoms with van der Waals surface area (Å²) in [4.78, 5) is 30.0. The van der Waals surface area contributed by atoms with Crippen molar-refractivity contribution >= 4 is 27.5 Å². The Balaban J connectivity index is 1.82. The van der Waals surface area contributed by atoms with E-state index in [1.807, 2.05) is 102 Å². The van der Waals surface area contributed by atoms with Crippen molar-refractivity contribution in [2.24, 2.45) is 0 Å². The van der Waals surface area contributed by atoms with Crippen molar-refractivity contribution < 1.29 is 18.0 Å². The van der Waals surface area contributed by atoms with E-state index >= 15 is 0 Å². The Morgan fingerprint density at radius 3 is 2.02 bits per heavy atom. The third-order valence-electron chi connectivity index (χ3n) is 7.80. The fraction of sp³-hybridized carbons (Fsp3) is 0.297. The van der Waals surface area contributed by atoms with E-state index in [9.17, 15) is 18.0 Å². The molecule has 7 nitrogen and oxygen atoms in total. The molecule has 0 aromatic heterocycles. The summed E-state index contributed by atoms with van der Waals surface area (Å²) in [6.45, 7) is 11.1. The fourth-order valence-electron chi connectivity index (χ4n) is 5.19. The number of benzene rings is 4. The van der Waals surface area contributed by atoms with E-state index in [0.717, 1.165) is 37.7 Å². The molecule has 236 valence electrons. The van der Waals surface area contributed by atoms with Crippen molar-refractivity contribution in [2.45, 2.75) is 71.5 Å². The summed E-state index contributed by atoms with van der Waals surface area (Å²) < 4.78 is 29.6. The average Bonchev–Trinajstić information content (AvgIpc) is 2.99. The molecule has 0 radical (unpaired) electrons. The van der Waals surface area contributed by atoms with Gasteiger partial charge in [-0.25, -0.2) is 8.42 Å². The molecule has 0 saturated carbocycles. The van der Waals surface area contributed by atoms with Gasteiger partial charge in [0.2, 0.25) is 11.8 Å². The third kappa shape index (κ3) is 8.60. The predicted octanol–water partition coefficient (Wildman–Crippen LogP) is 6.28. The molecule has 2 amide bonds. The van der Waals surface area contributed by atoms with Crippen LogP contribution in [0.2, 0.25) is 0 Å². The Kier molecular flexibility index (Phi) is 10.8. The van der Waals surface area contributed by atoms with Gasteiger partial charge in [-0.2, -0.15) is 0 Å². The van der Waals surface area contributed by atoms with Gasteiger partial charge in [0.1, 0.15) is 12.6 Å². The molecule has 1 unspecified atom stereocenters. The molecule has 8 heteroatoms. The lowest BCUT2D eigenvalue weighted by Crippen LogP contribution is -2.54. The van der Waals surface area contributed by atoms with Gasteiger partial charge in [-0.05, 0) is 88.1 Å². The Morgan fingerprint density at radius 1 is 0.733 bits per heavy atom. The van der Waals surface area contributed by atoms with Crippen LogP contribution in [0.25, 0.3) is 0 Å². The highest BCUT2D eigenvalue weighted by Crippen LogP contribution is 2.27. The first kappa shape index (κ1) is 33.5. The third-order valence-corrected chi connectivity index (χ3v) is 9.59. The number of amides is 2. The minimum absolute atomic E-state index is 0.0859. The lowest BCUT2D eigenvalue weighted by molar-refractivity contribution is -0.140. The standard InChI is InChI=1S/C37H43N3O4S/c1-26(2)38-37(42)35(23-31-12-8-7-9-13-31)39(24-32-14-10-11-28(4)21-32)36(41)25-40(33-18-17-29(5)30(6)22-33)45(43,44)34-19-15-27(3)16-20-34/h7-22,26,35H,23-25H2,1-6H3,(H,38,42). The molecule has 0 aliphatic carbocycles. The molecule has 4 rings (SSSR count). The quantitative estimate of drug-likeness (QED) is 0.201. The number of nitrogens with one attached hydrogen (secondary N) is 1. The van der Waals surface area contributed by atoms with Crippen molar-refractivity contribution in [3.05, 3.63) is 130 Å². The number of anilines is 1. The van der Waals surface area contributed by atoms with Crippen LogP contribution in [0.4, 0.5) is 5.69 Å². The van der Waals surface area contributed by atoms with Crippen molar-refractivity contribution in [1.82, 2.24) is 10.2 Å². The van der Waals surface area contributed by atoms with Crippen LogP contribution in [-0.4, -0.2) is 43.8 Å². The molecule has 0 aliphatic heterocycles. The number of carbonyl (C=O) groups excluding carboxylic acids is 2. The number of carbonyl (C=O) groups is 2. The van der Waals surface area contributed by atoms with Gasteiger partial charge in [0.15, 0.2) is 0 Å². The molecule has 0 heterocycles. The zero-order valence-corrected chi connectivity index (χ0v) is 27.8. The van der Waals surface area contributed by atoms with E-state index in [-0.39, 0.29) is 29.8 Å². The van der Waals surface area contributed by atoms with Crippen molar-refractivity contribution in [2.75, 3.05) is 10.8 Å². The number of aryl methyl sites for hydroxylation is 4. The SMILES string of the molecule is Cc1ccc(S(=O)(=O)N(CC(=O)N(Cc2cccc(C)c2)C(Cc2ccccc2)C(=O)NC(C)C)c2ccc(C)c(C)c2)cc1. The largest absolute Gasteiger partial charge is 0.352 e. The molecule has 4 aromatic rings. The number of sulfonamides is 1. The molecule has 0 saturated heterocycles. The van der Waals surface area contributed by atoms with Crippen LogP contribution in [0.1, 0.15) is 47.2 Å². The molecule has 45 heavy (non-hydrogen) atoms. The van der Waals surface area contributed by atoms with Gasteiger partial charge in [-0.1, -0.05) is 83.9 Å². The Morgan fingerprint density at radius 2 is 1.40 bits per heavy atom. The molecule has 0 fully saturated rings. The molecule has 0 aliphatic rings. The highest BCUT2D eigenvalue weighted by Gasteiger charge is 2.35. The van der Waals surface area contributed by atoms with E-state index in [0.29, 0.717) is 5.69 Å². The van der Waals surface area contributed by atoms with E-state index in [1.165, 1.54) is 4.90 Å². The van der Waals surface area contributed by atoms with Crippen LogP contribution in [0.5, 0.6) is 0 Å². The highest BCUT2D eigenvalue weighted by molar-refractivity contribution is 7.92. The summed E-state index contributed by atoms with van der Waals surface area (Å²) in [5, 5.41) is 2.99. The maximum absolute atomic E-state index is 14.6. The highest BCUT2D eigenvalue weighted by atomic mass is 32.2. The molecule has 0 bridgehead atoms. The second-order valence-electron chi connectivity index (χ2n) is 12.0. The Labute approximate surface area is 268 Å². The maximum Gasteiger partial charge on any atom is 0.264 e. The van der Waals surface area contributed by atoms with Gasteiger partial charge < -0.3 is 10.2 Å². The van der Waals surface area contributed by atoms with Crippen LogP contribution in [0, 0.1) is 27.7 Å². The van der Waals surface area contributed by atoms with E-state index in [1.54, 1.807) is 36.4 Å². The van der Waals surface area contributed by atoms with E-state index in [2.05, 4.69) is 5.32 Å². The predicted molar refractivity (Wildman–Crippen MR) is 181 cm³/mol. The second kappa shape index (κ2) is 14.6. The second-order valence-corrected chi connectivity index (χ2v) is 13.8. The zero-order chi connectivity index (χ0) is 32.7. The lowest BCUT2D eigenvalue weighted by Gasteiger charge is -2.34. The zero-order valence-electron chi connectivity index (χ0n) is 26.9. The molecular formula is C37H43N3O4S. The molecule has 0 spiro atoms. The van der Waals surface area contributed by atoms with Crippen LogP contribution in [0.3, 0.4) is 0 Å². The number of nitrogens with zero attached hydrogens (tertiary/aromatic N) is 2. The van der Waals surface area contributed by atoms with E-state index < -0.39 is 28.5 Å². The monoisotopic (exact) mass is 625 g/mol. The smallest absolute Gasteiger partial charge is 0.264 e. The summed E-state index contributed by atoms with van der Waals surface area (Å²) in [7, 11) is -4.15. The van der Waals surface area contributed by atoms with Crippen molar-refractivity contribution in [3.8, 4) is 0 Å².